The highest BCUT2D eigenvalue weighted by Crippen LogP contribution is 2.32. The molecule has 198 valence electrons. The molecule has 1 aromatic heterocycles. The van der Waals surface area contributed by atoms with E-state index < -0.39 is 0 Å². The average Bonchev–Trinajstić information content (AvgIpc) is 2.92. The van der Waals surface area contributed by atoms with Crippen molar-refractivity contribution >= 4 is 17.2 Å². The van der Waals surface area contributed by atoms with Crippen LogP contribution >= 0.6 is 11.6 Å². The molecule has 1 atom stereocenters. The van der Waals surface area contributed by atoms with Crippen LogP contribution in [0.4, 0.5) is 0 Å². The number of allylic oxidation sites excluding steroid dienone is 4. The van der Waals surface area contributed by atoms with Crippen LogP contribution in [-0.4, -0.2) is 15.0 Å². The molecular formula is C35H36ClN3. The van der Waals surface area contributed by atoms with E-state index in [1.165, 1.54) is 27.8 Å². The Labute approximate surface area is 237 Å². The van der Waals surface area contributed by atoms with E-state index in [4.69, 9.17) is 16.6 Å². The normalized spacial score (nSPS) is 15.8. The Morgan fingerprint density at radius 2 is 1.10 bits per heavy atom. The fourth-order valence-electron chi connectivity index (χ4n) is 4.82. The van der Waals surface area contributed by atoms with Gasteiger partial charge in [0.25, 0.3) is 0 Å². The number of halogens is 1. The molecule has 0 bridgehead atoms. The van der Waals surface area contributed by atoms with Gasteiger partial charge in [0, 0.05) is 11.5 Å². The summed E-state index contributed by atoms with van der Waals surface area (Å²) >= 11 is 6.37. The molecule has 3 nitrogen and oxygen atoms in total. The van der Waals surface area contributed by atoms with Gasteiger partial charge in [-0.05, 0) is 62.2 Å². The lowest BCUT2D eigenvalue weighted by Gasteiger charge is -2.20. The van der Waals surface area contributed by atoms with Crippen LogP contribution in [0.3, 0.4) is 0 Å². The molecular weight excluding hydrogens is 498 g/mol. The van der Waals surface area contributed by atoms with Gasteiger partial charge >= 0.3 is 0 Å². The largest absolute Gasteiger partial charge is 0.226 e. The van der Waals surface area contributed by atoms with Gasteiger partial charge in [0.05, 0.1) is 0 Å². The SMILES string of the molecule is CC(C)(C)c1ccc(C2=CCC(c3nc(Cl)nc(-c4ccc(-c5ccc(C(C)(C)C)cc5)cc4)n3)C=C2)cc1. The summed E-state index contributed by atoms with van der Waals surface area (Å²) in [5, 5.41) is 0.220. The first kappa shape index (κ1) is 27.0. The van der Waals surface area contributed by atoms with Gasteiger partial charge in [-0.25, -0.2) is 9.97 Å². The number of nitrogens with zero attached hydrogens (tertiary/aromatic N) is 3. The van der Waals surface area contributed by atoms with E-state index in [9.17, 15) is 0 Å². The second-order valence-corrected chi connectivity index (χ2v) is 12.7. The fraction of sp³-hybridized carbons (Fsp3) is 0.286. The van der Waals surface area contributed by atoms with Gasteiger partial charge in [-0.1, -0.05) is 133 Å². The Morgan fingerprint density at radius 1 is 0.615 bits per heavy atom. The van der Waals surface area contributed by atoms with Gasteiger partial charge in [0.2, 0.25) is 5.28 Å². The first-order valence-corrected chi connectivity index (χ1v) is 14.0. The van der Waals surface area contributed by atoms with Crippen molar-refractivity contribution < 1.29 is 0 Å². The summed E-state index contributed by atoms with van der Waals surface area (Å²) in [6.07, 6.45) is 7.41. The van der Waals surface area contributed by atoms with Crippen molar-refractivity contribution in [2.75, 3.05) is 0 Å². The molecule has 0 saturated carbocycles. The summed E-state index contributed by atoms with van der Waals surface area (Å²) in [4.78, 5) is 13.7. The standard InChI is InChI=1S/C35H36ClN3/c1-34(2,3)29-19-15-25(16-20-29)23-7-11-27(12-8-23)31-37-32(39-33(36)38-31)28-13-9-24(10-14-28)26-17-21-30(22-18-26)35(4,5)6/h7-13,15-22,28H,14H2,1-6H3. The first-order valence-electron chi connectivity index (χ1n) is 13.6. The van der Waals surface area contributed by atoms with Crippen LogP contribution in [0.2, 0.25) is 5.28 Å². The molecule has 0 saturated heterocycles. The molecule has 5 rings (SSSR count). The van der Waals surface area contributed by atoms with E-state index in [-0.39, 0.29) is 22.0 Å². The molecule has 0 N–H and O–H groups in total. The quantitative estimate of drug-likeness (QED) is 0.262. The Morgan fingerprint density at radius 3 is 1.59 bits per heavy atom. The molecule has 1 unspecified atom stereocenters. The van der Waals surface area contributed by atoms with Crippen LogP contribution in [0.15, 0.2) is 91.0 Å². The zero-order valence-electron chi connectivity index (χ0n) is 23.7. The minimum absolute atomic E-state index is 0.0578. The Bertz CT molecular complexity index is 1520. The van der Waals surface area contributed by atoms with E-state index >= 15 is 0 Å². The number of benzene rings is 3. The number of hydrogen-bond acceptors (Lipinski definition) is 3. The second kappa shape index (κ2) is 10.5. The molecule has 0 radical (unpaired) electrons. The van der Waals surface area contributed by atoms with Crippen LogP contribution in [-0.2, 0) is 10.8 Å². The third-order valence-electron chi connectivity index (χ3n) is 7.37. The van der Waals surface area contributed by atoms with E-state index in [1.54, 1.807) is 0 Å². The minimum atomic E-state index is 0.0578. The summed E-state index contributed by atoms with van der Waals surface area (Å²) in [5.41, 5.74) is 8.66. The fourth-order valence-corrected chi connectivity index (χ4v) is 4.99. The molecule has 1 aliphatic carbocycles. The zero-order chi connectivity index (χ0) is 27.8. The minimum Gasteiger partial charge on any atom is -0.212 e. The Kier molecular flexibility index (Phi) is 7.31. The average molecular weight is 534 g/mol. The Balaban J connectivity index is 1.32. The molecule has 39 heavy (non-hydrogen) atoms. The van der Waals surface area contributed by atoms with Crippen LogP contribution < -0.4 is 0 Å². The number of hydrogen-bond donors (Lipinski definition) is 0. The maximum atomic E-state index is 6.37. The molecule has 4 aromatic rings. The van der Waals surface area contributed by atoms with Crippen LogP contribution in [0.25, 0.3) is 28.1 Å². The molecule has 3 aromatic carbocycles. The summed E-state index contributed by atoms with van der Waals surface area (Å²) < 4.78 is 0. The maximum Gasteiger partial charge on any atom is 0.226 e. The van der Waals surface area contributed by atoms with Gasteiger partial charge in [-0.3, -0.25) is 0 Å². The number of rotatable bonds is 4. The molecule has 1 aliphatic rings. The molecule has 1 heterocycles. The third kappa shape index (κ3) is 6.20. The summed E-state index contributed by atoms with van der Waals surface area (Å²) in [6, 6.07) is 26.0. The smallest absolute Gasteiger partial charge is 0.212 e. The predicted molar refractivity (Wildman–Crippen MR) is 164 cm³/mol. The lowest BCUT2D eigenvalue weighted by Crippen LogP contribution is -2.10. The van der Waals surface area contributed by atoms with Crippen molar-refractivity contribution in [3.05, 3.63) is 119 Å². The monoisotopic (exact) mass is 533 g/mol. The summed E-state index contributed by atoms with van der Waals surface area (Å²) in [6.45, 7) is 13.4. The van der Waals surface area contributed by atoms with Crippen LogP contribution in [0.5, 0.6) is 0 Å². The predicted octanol–water partition coefficient (Wildman–Crippen LogP) is 9.58. The van der Waals surface area contributed by atoms with E-state index in [2.05, 4.69) is 143 Å². The van der Waals surface area contributed by atoms with Crippen LogP contribution in [0, 0.1) is 0 Å². The lowest BCUT2D eigenvalue weighted by molar-refractivity contribution is 0.590. The van der Waals surface area contributed by atoms with Crippen molar-refractivity contribution in [1.82, 2.24) is 15.0 Å². The highest BCUT2D eigenvalue weighted by Gasteiger charge is 2.19. The topological polar surface area (TPSA) is 38.7 Å². The Hall–Kier alpha value is -3.56. The molecule has 4 heteroatoms. The van der Waals surface area contributed by atoms with Crippen molar-refractivity contribution in [1.29, 1.82) is 0 Å². The second-order valence-electron chi connectivity index (χ2n) is 12.4. The third-order valence-corrected chi connectivity index (χ3v) is 7.54. The van der Waals surface area contributed by atoms with Crippen LogP contribution in [0.1, 0.15) is 76.4 Å². The summed E-state index contributed by atoms with van der Waals surface area (Å²) in [7, 11) is 0. The molecule has 0 fully saturated rings. The van der Waals surface area contributed by atoms with Crippen molar-refractivity contribution in [3.8, 4) is 22.5 Å². The number of aromatic nitrogens is 3. The van der Waals surface area contributed by atoms with E-state index in [0.29, 0.717) is 11.6 Å². The maximum absolute atomic E-state index is 6.37. The first-order chi connectivity index (χ1) is 18.5. The lowest BCUT2D eigenvalue weighted by atomic mass is 9.85. The van der Waals surface area contributed by atoms with Gasteiger partial charge in [0.15, 0.2) is 5.82 Å². The van der Waals surface area contributed by atoms with Crippen molar-refractivity contribution in [2.45, 2.75) is 64.7 Å². The highest BCUT2D eigenvalue weighted by molar-refractivity contribution is 6.28. The van der Waals surface area contributed by atoms with E-state index in [0.717, 1.165) is 17.5 Å². The summed E-state index contributed by atoms with van der Waals surface area (Å²) in [5.74, 6) is 1.35. The van der Waals surface area contributed by atoms with Gasteiger partial charge in [0.1, 0.15) is 5.82 Å². The van der Waals surface area contributed by atoms with Gasteiger partial charge in [-0.15, -0.1) is 0 Å². The van der Waals surface area contributed by atoms with Crippen molar-refractivity contribution in [3.63, 3.8) is 0 Å². The van der Waals surface area contributed by atoms with E-state index in [1.807, 2.05) is 0 Å². The van der Waals surface area contributed by atoms with Gasteiger partial charge in [-0.2, -0.15) is 4.98 Å². The zero-order valence-corrected chi connectivity index (χ0v) is 24.4. The highest BCUT2D eigenvalue weighted by atomic mass is 35.5. The molecule has 0 amide bonds. The van der Waals surface area contributed by atoms with Crippen molar-refractivity contribution in [2.24, 2.45) is 0 Å². The molecule has 0 spiro atoms. The molecule has 0 aliphatic heterocycles. The van der Waals surface area contributed by atoms with Gasteiger partial charge < -0.3 is 0 Å².